The second-order valence-electron chi connectivity index (χ2n) is 5.61. The van der Waals surface area contributed by atoms with Crippen molar-refractivity contribution in [2.24, 2.45) is 0 Å². The van der Waals surface area contributed by atoms with Crippen molar-refractivity contribution in [3.05, 3.63) is 59.2 Å². The van der Waals surface area contributed by atoms with E-state index in [-0.39, 0.29) is 11.7 Å². The number of nitrogen functional groups attached to an aromatic ring is 1. The smallest absolute Gasteiger partial charge is 0.496 e. The van der Waals surface area contributed by atoms with E-state index in [1.54, 1.807) is 36.1 Å². The van der Waals surface area contributed by atoms with Gasteiger partial charge in [-0.25, -0.2) is 4.98 Å². The summed E-state index contributed by atoms with van der Waals surface area (Å²) in [5.41, 5.74) is 7.83. The number of aromatic nitrogens is 2. The minimum absolute atomic E-state index is 0.239. The fraction of sp³-hybridized carbons (Fsp3) is 0.167. The Labute approximate surface area is 158 Å². The average molecular weight is 398 g/mol. The van der Waals surface area contributed by atoms with Gasteiger partial charge in [0.15, 0.2) is 0 Å². The van der Waals surface area contributed by atoms with Crippen LogP contribution in [0.2, 0.25) is 5.02 Å². The van der Waals surface area contributed by atoms with Gasteiger partial charge in [0.2, 0.25) is 5.95 Å². The number of hydrogen-bond donors (Lipinski definition) is 1. The van der Waals surface area contributed by atoms with Crippen molar-refractivity contribution in [3.8, 4) is 22.8 Å². The fourth-order valence-electron chi connectivity index (χ4n) is 2.58. The molecule has 3 aromatic rings. The van der Waals surface area contributed by atoms with Crippen LogP contribution in [0.5, 0.6) is 11.5 Å². The second-order valence-corrected chi connectivity index (χ2v) is 6.01. The van der Waals surface area contributed by atoms with Crippen LogP contribution in [0.4, 0.5) is 19.1 Å². The lowest BCUT2D eigenvalue weighted by molar-refractivity contribution is -0.274. The first kappa shape index (κ1) is 18.9. The highest BCUT2D eigenvalue weighted by atomic mass is 35.5. The van der Waals surface area contributed by atoms with Crippen LogP contribution in [0.3, 0.4) is 0 Å². The van der Waals surface area contributed by atoms with Crippen molar-refractivity contribution in [3.63, 3.8) is 0 Å². The zero-order valence-corrected chi connectivity index (χ0v) is 14.9. The van der Waals surface area contributed by atoms with Gasteiger partial charge < -0.3 is 19.8 Å². The molecule has 0 aliphatic heterocycles. The van der Waals surface area contributed by atoms with Crippen molar-refractivity contribution in [1.82, 2.24) is 9.55 Å². The van der Waals surface area contributed by atoms with E-state index in [0.29, 0.717) is 28.6 Å². The summed E-state index contributed by atoms with van der Waals surface area (Å²) in [6.45, 7) is 0.330. The van der Waals surface area contributed by atoms with Crippen molar-refractivity contribution in [1.29, 1.82) is 0 Å². The van der Waals surface area contributed by atoms with Gasteiger partial charge in [-0.15, -0.1) is 13.2 Å². The predicted octanol–water partition coefficient (Wildman–Crippen LogP) is 4.74. The largest absolute Gasteiger partial charge is 0.573 e. The molecule has 1 aromatic heterocycles. The van der Waals surface area contributed by atoms with Crippen LogP contribution in [0.25, 0.3) is 11.3 Å². The summed E-state index contributed by atoms with van der Waals surface area (Å²) in [6.07, 6.45) is -3.04. The maximum atomic E-state index is 12.2. The van der Waals surface area contributed by atoms with Crippen molar-refractivity contribution in [2.75, 3.05) is 12.8 Å². The fourth-order valence-corrected chi connectivity index (χ4v) is 2.80. The van der Waals surface area contributed by atoms with Gasteiger partial charge in [0.25, 0.3) is 0 Å². The minimum Gasteiger partial charge on any atom is -0.496 e. The highest BCUT2D eigenvalue weighted by Crippen LogP contribution is 2.30. The molecule has 2 N–H and O–H groups in total. The summed E-state index contributed by atoms with van der Waals surface area (Å²) in [5, 5.41) is 0.526. The number of ether oxygens (including phenoxy) is 2. The lowest BCUT2D eigenvalue weighted by atomic mass is 10.1. The number of imidazole rings is 1. The summed E-state index contributed by atoms with van der Waals surface area (Å²) in [4.78, 5) is 4.26. The molecule has 0 bridgehead atoms. The van der Waals surface area contributed by atoms with Crippen molar-refractivity contribution >= 4 is 17.5 Å². The van der Waals surface area contributed by atoms with Crippen molar-refractivity contribution < 1.29 is 22.6 Å². The Morgan fingerprint density at radius 2 is 1.85 bits per heavy atom. The summed E-state index contributed by atoms with van der Waals surface area (Å²) in [5.74, 6) is 0.549. The van der Waals surface area contributed by atoms with Crippen LogP contribution in [0, 0.1) is 0 Å². The molecule has 0 saturated heterocycles. The molecule has 0 fully saturated rings. The number of nitrogens with two attached hydrogens (primary N) is 1. The lowest BCUT2D eigenvalue weighted by Crippen LogP contribution is -2.16. The Hall–Kier alpha value is -2.87. The van der Waals surface area contributed by atoms with Gasteiger partial charge in [0.05, 0.1) is 19.3 Å². The molecule has 0 radical (unpaired) electrons. The van der Waals surface area contributed by atoms with E-state index in [1.807, 2.05) is 0 Å². The molecular weight excluding hydrogens is 383 g/mol. The van der Waals surface area contributed by atoms with E-state index in [2.05, 4.69) is 9.72 Å². The van der Waals surface area contributed by atoms with Crippen molar-refractivity contribution in [2.45, 2.75) is 12.9 Å². The Balaban J connectivity index is 1.85. The van der Waals surface area contributed by atoms with E-state index in [9.17, 15) is 13.2 Å². The number of methoxy groups -OCH3 is 1. The van der Waals surface area contributed by atoms with E-state index in [4.69, 9.17) is 22.1 Å². The summed E-state index contributed by atoms with van der Waals surface area (Å²) < 4.78 is 47.6. The van der Waals surface area contributed by atoms with Gasteiger partial charge >= 0.3 is 6.36 Å². The molecule has 142 valence electrons. The van der Waals surface area contributed by atoms with E-state index in [0.717, 1.165) is 5.56 Å². The maximum absolute atomic E-state index is 12.2. The molecule has 0 unspecified atom stereocenters. The molecular formula is C18H15ClF3N3O2. The van der Waals surface area contributed by atoms with E-state index < -0.39 is 6.36 Å². The molecule has 2 aromatic carbocycles. The average Bonchev–Trinajstić information content (AvgIpc) is 2.96. The van der Waals surface area contributed by atoms with Gasteiger partial charge in [0.1, 0.15) is 11.5 Å². The third-order valence-corrected chi connectivity index (χ3v) is 4.17. The van der Waals surface area contributed by atoms with Gasteiger partial charge in [-0.1, -0.05) is 17.7 Å². The molecule has 3 rings (SSSR count). The van der Waals surface area contributed by atoms with Crippen LogP contribution in [-0.2, 0) is 6.54 Å². The first-order chi connectivity index (χ1) is 12.8. The van der Waals surface area contributed by atoms with Gasteiger partial charge in [-0.05, 0) is 36.4 Å². The molecule has 5 nitrogen and oxygen atoms in total. The van der Waals surface area contributed by atoms with E-state index in [1.165, 1.54) is 24.3 Å². The van der Waals surface area contributed by atoms with Gasteiger partial charge in [-0.2, -0.15) is 0 Å². The Morgan fingerprint density at radius 1 is 1.15 bits per heavy atom. The first-order valence-electron chi connectivity index (χ1n) is 7.77. The molecule has 0 amide bonds. The zero-order valence-electron chi connectivity index (χ0n) is 14.1. The van der Waals surface area contributed by atoms with Crippen LogP contribution >= 0.6 is 11.6 Å². The quantitative estimate of drug-likeness (QED) is 0.675. The Morgan fingerprint density at radius 3 is 2.48 bits per heavy atom. The monoisotopic (exact) mass is 397 g/mol. The Kier molecular flexibility index (Phi) is 5.18. The predicted molar refractivity (Wildman–Crippen MR) is 95.9 cm³/mol. The highest BCUT2D eigenvalue weighted by Gasteiger charge is 2.31. The third kappa shape index (κ3) is 4.46. The number of anilines is 1. The van der Waals surface area contributed by atoms with E-state index >= 15 is 0 Å². The molecule has 0 aliphatic carbocycles. The Bertz CT molecular complexity index is 940. The zero-order chi connectivity index (χ0) is 19.6. The van der Waals surface area contributed by atoms with Crippen LogP contribution in [0.1, 0.15) is 5.56 Å². The molecule has 0 spiro atoms. The SMILES string of the molecule is COc1cccc(Cl)c1Cn1cc(-c2ccc(OC(F)(F)F)cc2)nc1N. The summed E-state index contributed by atoms with van der Waals surface area (Å²) in [7, 11) is 1.54. The van der Waals surface area contributed by atoms with Crippen LogP contribution in [-0.4, -0.2) is 23.0 Å². The highest BCUT2D eigenvalue weighted by molar-refractivity contribution is 6.31. The molecule has 0 atom stereocenters. The third-order valence-electron chi connectivity index (χ3n) is 3.82. The number of rotatable bonds is 5. The molecule has 0 saturated carbocycles. The topological polar surface area (TPSA) is 62.3 Å². The number of halogens is 4. The normalized spacial score (nSPS) is 11.4. The maximum Gasteiger partial charge on any atom is 0.573 e. The number of alkyl halides is 3. The van der Waals surface area contributed by atoms with Crippen LogP contribution in [0.15, 0.2) is 48.7 Å². The molecule has 0 aliphatic rings. The first-order valence-corrected chi connectivity index (χ1v) is 8.15. The molecule has 27 heavy (non-hydrogen) atoms. The molecule has 1 heterocycles. The van der Waals surface area contributed by atoms with Crippen LogP contribution < -0.4 is 15.2 Å². The van der Waals surface area contributed by atoms with Gasteiger partial charge in [0, 0.05) is 22.3 Å². The minimum atomic E-state index is -4.73. The lowest BCUT2D eigenvalue weighted by Gasteiger charge is -2.11. The number of benzene rings is 2. The summed E-state index contributed by atoms with van der Waals surface area (Å²) in [6, 6.07) is 10.7. The summed E-state index contributed by atoms with van der Waals surface area (Å²) >= 11 is 6.24. The number of hydrogen-bond acceptors (Lipinski definition) is 4. The second kappa shape index (κ2) is 7.40. The standard InChI is InChI=1S/C18H15ClF3N3O2/c1-26-16-4-2-3-14(19)13(16)9-25-10-15(24-17(25)23)11-5-7-12(8-6-11)27-18(20,21)22/h2-8,10H,9H2,1H3,(H2,23,24). The number of nitrogens with zero attached hydrogens (tertiary/aromatic N) is 2. The van der Waals surface area contributed by atoms with Gasteiger partial charge in [-0.3, -0.25) is 0 Å². The molecule has 9 heteroatoms.